The summed E-state index contributed by atoms with van der Waals surface area (Å²) in [6.07, 6.45) is 0.618. The molecule has 0 spiro atoms. The van der Waals surface area contributed by atoms with Crippen LogP contribution in [0.2, 0.25) is 0 Å². The van der Waals surface area contributed by atoms with Gasteiger partial charge in [0.2, 0.25) is 0 Å². The maximum atomic E-state index is 12.6. The van der Waals surface area contributed by atoms with Gasteiger partial charge in [-0.05, 0) is 18.4 Å². The fourth-order valence-electron chi connectivity index (χ4n) is 1.36. The monoisotopic (exact) mass is 172 g/mol. The van der Waals surface area contributed by atoms with Crippen molar-refractivity contribution in [3.63, 3.8) is 0 Å². The number of nitrogens with zero attached hydrogens (tertiary/aromatic N) is 4. The van der Waals surface area contributed by atoms with Crippen molar-refractivity contribution in [1.29, 1.82) is 0 Å². The minimum absolute atomic E-state index is 0.494. The van der Waals surface area contributed by atoms with Crippen LogP contribution in [0.3, 0.4) is 0 Å². The lowest BCUT2D eigenvalue weighted by Gasteiger charge is -2.27. The van der Waals surface area contributed by atoms with Gasteiger partial charge in [0, 0.05) is 31.1 Å². The summed E-state index contributed by atoms with van der Waals surface area (Å²) >= 11 is 0. The zero-order valence-corrected chi connectivity index (χ0v) is 6.99. The molecule has 4 nitrogen and oxygen atoms in total. The van der Waals surface area contributed by atoms with Crippen molar-refractivity contribution in [3.8, 4) is 0 Å². The van der Waals surface area contributed by atoms with E-state index < -0.39 is 6.17 Å². The predicted molar refractivity (Wildman–Crippen MR) is 44.6 cm³/mol. The molecule has 0 aromatic carbocycles. The van der Waals surface area contributed by atoms with Gasteiger partial charge in [0.15, 0.2) is 0 Å². The van der Waals surface area contributed by atoms with Crippen LogP contribution < -0.4 is 0 Å². The van der Waals surface area contributed by atoms with Crippen molar-refractivity contribution < 1.29 is 4.39 Å². The van der Waals surface area contributed by atoms with Crippen LogP contribution in [0.25, 0.3) is 10.4 Å². The predicted octanol–water partition coefficient (Wildman–Crippen LogP) is 1.73. The van der Waals surface area contributed by atoms with Crippen molar-refractivity contribution in [2.45, 2.75) is 19.0 Å². The maximum Gasteiger partial charge on any atom is 0.103 e. The van der Waals surface area contributed by atoms with Crippen LogP contribution in [0.4, 0.5) is 4.39 Å². The Morgan fingerprint density at radius 3 is 2.75 bits per heavy atom. The highest BCUT2D eigenvalue weighted by Crippen LogP contribution is 2.12. The molecule has 1 heterocycles. The molecule has 12 heavy (non-hydrogen) atoms. The average Bonchev–Trinajstić information content (AvgIpc) is 2.09. The summed E-state index contributed by atoms with van der Waals surface area (Å²) < 4.78 is 12.6. The zero-order valence-electron chi connectivity index (χ0n) is 6.99. The number of hydrogen-bond donors (Lipinski definition) is 0. The van der Waals surface area contributed by atoms with E-state index in [2.05, 4.69) is 14.9 Å². The lowest BCUT2D eigenvalue weighted by molar-refractivity contribution is 0.154. The van der Waals surface area contributed by atoms with Gasteiger partial charge in [-0.2, -0.15) is 0 Å². The first-order valence-corrected chi connectivity index (χ1v) is 4.20. The van der Waals surface area contributed by atoms with Crippen LogP contribution in [0.5, 0.6) is 0 Å². The quantitative estimate of drug-likeness (QED) is 0.363. The van der Waals surface area contributed by atoms with E-state index in [-0.39, 0.29) is 0 Å². The van der Waals surface area contributed by atoms with Gasteiger partial charge >= 0.3 is 0 Å². The standard InChI is InChI=1S/C7H13FN4/c8-7-1-4-12(5-2-7)6-3-10-11-9/h7H,1-6H2. The van der Waals surface area contributed by atoms with Gasteiger partial charge in [-0.3, -0.25) is 0 Å². The topological polar surface area (TPSA) is 52.0 Å². The second-order valence-corrected chi connectivity index (χ2v) is 2.97. The van der Waals surface area contributed by atoms with E-state index in [1.54, 1.807) is 0 Å². The van der Waals surface area contributed by atoms with Crippen molar-refractivity contribution >= 4 is 0 Å². The van der Waals surface area contributed by atoms with Gasteiger partial charge in [0.1, 0.15) is 6.17 Å². The van der Waals surface area contributed by atoms with Gasteiger partial charge in [-0.1, -0.05) is 5.11 Å². The summed E-state index contributed by atoms with van der Waals surface area (Å²) in [6.45, 7) is 2.84. The van der Waals surface area contributed by atoms with Gasteiger partial charge in [-0.15, -0.1) is 0 Å². The van der Waals surface area contributed by atoms with E-state index in [1.807, 2.05) is 0 Å². The number of halogens is 1. The van der Waals surface area contributed by atoms with Crippen LogP contribution in [0.1, 0.15) is 12.8 Å². The Bertz CT molecular complexity index is 170. The van der Waals surface area contributed by atoms with Crippen molar-refractivity contribution in [2.75, 3.05) is 26.2 Å². The first-order valence-electron chi connectivity index (χ1n) is 4.20. The molecule has 0 unspecified atom stereocenters. The first kappa shape index (κ1) is 9.29. The molecule has 1 aliphatic rings. The Labute approximate surface area is 71.0 Å². The number of rotatable bonds is 3. The van der Waals surface area contributed by atoms with E-state index in [9.17, 15) is 4.39 Å². The lowest BCUT2D eigenvalue weighted by atomic mass is 10.1. The molecule has 0 N–H and O–H groups in total. The van der Waals surface area contributed by atoms with Gasteiger partial charge in [-0.25, -0.2) is 4.39 Å². The minimum atomic E-state index is -0.624. The normalized spacial score (nSPS) is 20.4. The van der Waals surface area contributed by atoms with Gasteiger partial charge < -0.3 is 4.90 Å². The number of hydrogen-bond acceptors (Lipinski definition) is 2. The lowest BCUT2D eigenvalue weighted by Crippen LogP contribution is -2.35. The molecular weight excluding hydrogens is 159 g/mol. The molecule has 0 saturated carbocycles. The van der Waals surface area contributed by atoms with Crippen molar-refractivity contribution in [1.82, 2.24) is 4.90 Å². The Morgan fingerprint density at radius 2 is 2.17 bits per heavy atom. The molecule has 0 amide bonds. The fraction of sp³-hybridized carbons (Fsp3) is 1.00. The highest BCUT2D eigenvalue weighted by atomic mass is 19.1. The molecule has 5 heteroatoms. The molecule has 1 rings (SSSR count). The molecule has 68 valence electrons. The van der Waals surface area contributed by atoms with Crippen LogP contribution >= 0.6 is 0 Å². The third-order valence-corrected chi connectivity index (χ3v) is 2.10. The molecule has 0 radical (unpaired) electrons. The molecule has 1 aliphatic heterocycles. The molecule has 1 saturated heterocycles. The summed E-state index contributed by atoms with van der Waals surface area (Å²) in [7, 11) is 0. The Balaban J connectivity index is 2.13. The molecule has 1 fully saturated rings. The van der Waals surface area contributed by atoms with E-state index in [1.165, 1.54) is 0 Å². The van der Waals surface area contributed by atoms with Gasteiger partial charge in [0.05, 0.1) is 0 Å². The van der Waals surface area contributed by atoms with E-state index in [4.69, 9.17) is 5.53 Å². The molecule has 0 aliphatic carbocycles. The number of likely N-dealkylation sites (tertiary alicyclic amines) is 1. The Morgan fingerprint density at radius 1 is 1.50 bits per heavy atom. The minimum Gasteiger partial charge on any atom is -0.303 e. The highest BCUT2D eigenvalue weighted by molar-refractivity contribution is 4.71. The molecule has 0 aromatic rings. The molecule has 0 atom stereocenters. The number of alkyl halides is 1. The van der Waals surface area contributed by atoms with E-state index in [0.717, 1.165) is 19.6 Å². The van der Waals surface area contributed by atoms with Gasteiger partial charge in [0.25, 0.3) is 0 Å². The number of piperidine rings is 1. The van der Waals surface area contributed by atoms with Crippen molar-refractivity contribution in [2.24, 2.45) is 5.11 Å². The third-order valence-electron chi connectivity index (χ3n) is 2.10. The molecule has 0 bridgehead atoms. The van der Waals surface area contributed by atoms with Crippen LogP contribution in [-0.4, -0.2) is 37.3 Å². The SMILES string of the molecule is [N-]=[N+]=NCCN1CCC(F)CC1. The van der Waals surface area contributed by atoms with E-state index in [0.29, 0.717) is 19.4 Å². The summed E-state index contributed by atoms with van der Waals surface area (Å²) in [5, 5.41) is 3.43. The summed E-state index contributed by atoms with van der Waals surface area (Å²) in [5.41, 5.74) is 8.02. The van der Waals surface area contributed by atoms with E-state index >= 15 is 0 Å². The molecule has 0 aromatic heterocycles. The number of azide groups is 1. The Hall–Kier alpha value is -0.800. The van der Waals surface area contributed by atoms with Crippen molar-refractivity contribution in [3.05, 3.63) is 10.4 Å². The fourth-order valence-corrected chi connectivity index (χ4v) is 1.36. The summed E-state index contributed by atoms with van der Waals surface area (Å²) in [4.78, 5) is 4.79. The summed E-state index contributed by atoms with van der Waals surface area (Å²) in [5.74, 6) is 0. The second-order valence-electron chi connectivity index (χ2n) is 2.97. The third kappa shape index (κ3) is 3.07. The molecular formula is C7H13FN4. The largest absolute Gasteiger partial charge is 0.303 e. The Kier molecular flexibility index (Phi) is 3.84. The smallest absolute Gasteiger partial charge is 0.103 e. The van der Waals surface area contributed by atoms with Crippen LogP contribution in [0, 0.1) is 0 Å². The highest BCUT2D eigenvalue weighted by Gasteiger charge is 2.16. The average molecular weight is 172 g/mol. The van der Waals surface area contributed by atoms with Crippen LogP contribution in [0.15, 0.2) is 5.11 Å². The van der Waals surface area contributed by atoms with Crippen LogP contribution in [-0.2, 0) is 0 Å². The zero-order chi connectivity index (χ0) is 8.81. The maximum absolute atomic E-state index is 12.6. The second kappa shape index (κ2) is 4.95. The first-order chi connectivity index (χ1) is 5.83. The summed E-state index contributed by atoms with van der Waals surface area (Å²) in [6, 6.07) is 0.